The van der Waals surface area contributed by atoms with Gasteiger partial charge < -0.3 is 10.1 Å². The van der Waals surface area contributed by atoms with Gasteiger partial charge in [0.15, 0.2) is 11.6 Å². The molecule has 2 nitrogen and oxygen atoms in total. The molecule has 0 radical (unpaired) electrons. The number of terminal acetylenes is 1. The van der Waals surface area contributed by atoms with Crippen molar-refractivity contribution in [2.45, 2.75) is 38.8 Å². The Morgan fingerprint density at radius 1 is 1.23 bits per heavy atom. The number of rotatable bonds is 1. The zero-order valence-electron chi connectivity index (χ0n) is 14.9. The van der Waals surface area contributed by atoms with E-state index in [-0.39, 0.29) is 11.3 Å². The lowest BCUT2D eigenvalue weighted by atomic mass is 9.81. The van der Waals surface area contributed by atoms with Crippen LogP contribution in [-0.2, 0) is 0 Å². The maximum atomic E-state index is 14.3. The minimum absolute atomic E-state index is 0.0600. The van der Waals surface area contributed by atoms with E-state index in [1.165, 1.54) is 6.07 Å². The van der Waals surface area contributed by atoms with E-state index in [1.54, 1.807) is 0 Å². The molecule has 2 heterocycles. The van der Waals surface area contributed by atoms with Crippen molar-refractivity contribution < 1.29 is 13.5 Å². The van der Waals surface area contributed by atoms with E-state index in [9.17, 15) is 8.78 Å². The third-order valence-corrected chi connectivity index (χ3v) is 4.86. The van der Waals surface area contributed by atoms with Gasteiger partial charge in [-0.3, -0.25) is 0 Å². The number of nitrogens with one attached hydrogen (secondary N) is 1. The molecular formula is C22H19F2NO. The van der Waals surface area contributed by atoms with Gasteiger partial charge in [-0.2, -0.15) is 0 Å². The Bertz CT molecular complexity index is 998. The van der Waals surface area contributed by atoms with Crippen LogP contribution in [0.3, 0.4) is 0 Å². The highest BCUT2D eigenvalue weighted by atomic mass is 19.1. The summed E-state index contributed by atoms with van der Waals surface area (Å²) in [5.41, 5.74) is 4.95. The van der Waals surface area contributed by atoms with Crippen LogP contribution in [0.2, 0.25) is 0 Å². The first-order chi connectivity index (χ1) is 12.3. The van der Waals surface area contributed by atoms with Crippen molar-refractivity contribution in [2.24, 2.45) is 0 Å². The molecular weight excluding hydrogens is 332 g/mol. The predicted molar refractivity (Wildman–Crippen MR) is 100.0 cm³/mol. The molecule has 0 aliphatic carbocycles. The second-order valence-corrected chi connectivity index (χ2v) is 7.40. The maximum absolute atomic E-state index is 14.3. The van der Waals surface area contributed by atoms with Crippen molar-refractivity contribution >= 4 is 11.3 Å². The lowest BCUT2D eigenvalue weighted by molar-refractivity contribution is 0.198. The van der Waals surface area contributed by atoms with Crippen molar-refractivity contribution in [1.29, 1.82) is 0 Å². The van der Waals surface area contributed by atoms with Gasteiger partial charge in [0.1, 0.15) is 11.9 Å². The second-order valence-electron chi connectivity index (χ2n) is 7.40. The molecule has 2 aliphatic heterocycles. The number of ether oxygens (including phenoxy) is 1. The number of benzene rings is 2. The Morgan fingerprint density at radius 2 is 2.00 bits per heavy atom. The number of hydrogen-bond donors (Lipinski definition) is 1. The van der Waals surface area contributed by atoms with Crippen LogP contribution in [0.15, 0.2) is 30.3 Å². The van der Waals surface area contributed by atoms with Gasteiger partial charge in [-0.15, -0.1) is 12.3 Å². The zero-order chi connectivity index (χ0) is 18.6. The molecule has 0 bridgehead atoms. The third-order valence-electron chi connectivity index (χ3n) is 4.86. The largest absolute Gasteiger partial charge is 0.481 e. The number of hydrogen-bond acceptors (Lipinski definition) is 2. The van der Waals surface area contributed by atoms with Crippen molar-refractivity contribution in [2.75, 3.05) is 5.32 Å². The Hall–Kier alpha value is -2.80. The van der Waals surface area contributed by atoms with Crippen LogP contribution in [0.25, 0.3) is 16.7 Å². The Morgan fingerprint density at radius 3 is 2.73 bits per heavy atom. The van der Waals surface area contributed by atoms with Gasteiger partial charge in [-0.1, -0.05) is 12.1 Å². The highest BCUT2D eigenvalue weighted by Gasteiger charge is 2.34. The quantitative estimate of drug-likeness (QED) is 0.666. The molecule has 0 aromatic heterocycles. The topological polar surface area (TPSA) is 21.3 Å². The van der Waals surface area contributed by atoms with Crippen LogP contribution < -0.4 is 10.1 Å². The minimum Gasteiger partial charge on any atom is -0.481 e. The fraction of sp³-hybridized carbons (Fsp3) is 0.273. The van der Waals surface area contributed by atoms with E-state index in [0.29, 0.717) is 12.0 Å². The fourth-order valence-corrected chi connectivity index (χ4v) is 4.05. The van der Waals surface area contributed by atoms with E-state index >= 15 is 0 Å². The average molecular weight is 351 g/mol. The molecule has 1 unspecified atom stereocenters. The number of allylic oxidation sites excluding steroid dienone is 1. The molecule has 26 heavy (non-hydrogen) atoms. The van der Waals surface area contributed by atoms with Gasteiger partial charge in [0.25, 0.3) is 0 Å². The molecule has 1 atom stereocenters. The Balaban J connectivity index is 2.03. The molecule has 0 saturated heterocycles. The highest BCUT2D eigenvalue weighted by Crippen LogP contribution is 2.50. The summed E-state index contributed by atoms with van der Waals surface area (Å²) in [6.07, 6.45) is 7.50. The van der Waals surface area contributed by atoms with Crippen molar-refractivity contribution in [3.63, 3.8) is 0 Å². The predicted octanol–water partition coefficient (Wildman–Crippen LogP) is 5.70. The lowest BCUT2D eigenvalue weighted by Gasteiger charge is -2.36. The summed E-state index contributed by atoms with van der Waals surface area (Å²) in [4.78, 5) is 0. The minimum atomic E-state index is -0.711. The molecule has 4 rings (SSSR count). The number of fused-ring (bicyclic) bond motifs is 5. The monoisotopic (exact) mass is 351 g/mol. The van der Waals surface area contributed by atoms with Crippen LogP contribution in [0.4, 0.5) is 14.5 Å². The van der Waals surface area contributed by atoms with Gasteiger partial charge in [-0.05, 0) is 44.0 Å². The van der Waals surface area contributed by atoms with E-state index in [1.807, 2.05) is 19.1 Å². The van der Waals surface area contributed by atoms with Crippen LogP contribution >= 0.6 is 0 Å². The summed E-state index contributed by atoms with van der Waals surface area (Å²) < 4.78 is 34.1. The van der Waals surface area contributed by atoms with Gasteiger partial charge in [-0.25, -0.2) is 8.78 Å². The van der Waals surface area contributed by atoms with Gasteiger partial charge in [0, 0.05) is 28.4 Å². The highest BCUT2D eigenvalue weighted by molar-refractivity contribution is 5.89. The van der Waals surface area contributed by atoms with E-state index in [0.717, 1.165) is 34.0 Å². The summed E-state index contributed by atoms with van der Waals surface area (Å²) in [6, 6.07) is 6.00. The van der Waals surface area contributed by atoms with Gasteiger partial charge in [0.05, 0.1) is 12.0 Å². The fourth-order valence-electron chi connectivity index (χ4n) is 4.05. The van der Waals surface area contributed by atoms with Crippen LogP contribution in [0.5, 0.6) is 5.75 Å². The molecule has 0 saturated carbocycles. The summed E-state index contributed by atoms with van der Waals surface area (Å²) in [6.45, 7) is 6.22. The molecule has 132 valence electrons. The van der Waals surface area contributed by atoms with Crippen LogP contribution in [-0.4, -0.2) is 5.54 Å². The standard InChI is InChI=1S/C22H19F2NO/c1-5-6-18-20-14(15-9-13(23)10-16(24)21(15)26-18)7-8-17-19(20)12(2)11-22(3,4)25-17/h1,7-11,18,25H,6H2,2-4H3. The summed E-state index contributed by atoms with van der Waals surface area (Å²) in [7, 11) is 0. The maximum Gasteiger partial charge on any atom is 0.168 e. The molecule has 0 fully saturated rings. The second kappa shape index (κ2) is 5.60. The zero-order valence-corrected chi connectivity index (χ0v) is 14.9. The first-order valence-corrected chi connectivity index (χ1v) is 8.55. The SMILES string of the molecule is C#CCC1Oc2c(F)cc(F)cc2-c2ccc3c(c21)C(C)=CC(C)(C)N3. The number of halogens is 2. The smallest absolute Gasteiger partial charge is 0.168 e. The van der Waals surface area contributed by atoms with E-state index < -0.39 is 17.7 Å². The van der Waals surface area contributed by atoms with Crippen LogP contribution in [0.1, 0.15) is 44.4 Å². The first kappa shape index (κ1) is 16.7. The normalized spacial score (nSPS) is 19.1. The van der Waals surface area contributed by atoms with Crippen molar-refractivity contribution in [3.8, 4) is 29.2 Å². The molecule has 2 aromatic rings. The molecule has 2 aromatic carbocycles. The summed E-state index contributed by atoms with van der Waals surface area (Å²) in [5, 5.41) is 3.49. The van der Waals surface area contributed by atoms with Gasteiger partial charge >= 0.3 is 0 Å². The Kier molecular flexibility index (Phi) is 3.59. The molecule has 2 aliphatic rings. The number of anilines is 1. The third kappa shape index (κ3) is 2.47. The summed E-state index contributed by atoms with van der Waals surface area (Å²) in [5.74, 6) is 1.34. The lowest BCUT2D eigenvalue weighted by Crippen LogP contribution is -2.32. The first-order valence-electron chi connectivity index (χ1n) is 8.55. The van der Waals surface area contributed by atoms with Gasteiger partial charge in [0.2, 0.25) is 0 Å². The molecule has 4 heteroatoms. The van der Waals surface area contributed by atoms with Crippen molar-refractivity contribution in [3.05, 3.63) is 53.1 Å². The molecule has 1 N–H and O–H groups in total. The van der Waals surface area contributed by atoms with E-state index in [2.05, 4.69) is 31.2 Å². The molecule has 0 amide bonds. The van der Waals surface area contributed by atoms with Crippen LogP contribution in [0, 0.1) is 24.0 Å². The Labute approximate surface area is 151 Å². The molecule has 0 spiro atoms. The van der Waals surface area contributed by atoms with Crippen molar-refractivity contribution in [1.82, 2.24) is 0 Å². The average Bonchev–Trinajstić information content (AvgIpc) is 2.54. The van der Waals surface area contributed by atoms with E-state index in [4.69, 9.17) is 11.2 Å². The summed E-state index contributed by atoms with van der Waals surface area (Å²) >= 11 is 0.